The van der Waals surface area contributed by atoms with Crippen molar-refractivity contribution in [1.82, 2.24) is 25.4 Å². The maximum atomic E-state index is 12.9. The summed E-state index contributed by atoms with van der Waals surface area (Å²) in [6.07, 6.45) is 0. The van der Waals surface area contributed by atoms with Gasteiger partial charge in [0.2, 0.25) is 6.61 Å². The fourth-order valence-electron chi connectivity index (χ4n) is 3.13. The second kappa shape index (κ2) is 10.6. The van der Waals surface area contributed by atoms with E-state index in [4.69, 9.17) is 10.8 Å². The molecule has 2 amide bonds. The topological polar surface area (TPSA) is 210 Å². The van der Waals surface area contributed by atoms with Gasteiger partial charge in [-0.1, -0.05) is 28.3 Å². The number of carboxylic acids is 2. The van der Waals surface area contributed by atoms with Crippen LogP contribution in [0.3, 0.4) is 0 Å². The van der Waals surface area contributed by atoms with Gasteiger partial charge in [0, 0.05) is 16.9 Å². The number of carbonyl (C=O) groups is 4. The van der Waals surface area contributed by atoms with E-state index in [-0.39, 0.29) is 22.2 Å². The number of aromatic nitrogens is 3. The zero-order valence-electron chi connectivity index (χ0n) is 17.3. The fourth-order valence-corrected chi connectivity index (χ4v) is 6.65. The number of nitrogens with two attached hydrogens (primary N) is 1. The number of nitrogen functional groups attached to an aromatic ring is 1. The van der Waals surface area contributed by atoms with Crippen molar-refractivity contribution in [2.75, 3.05) is 23.8 Å². The molecule has 2 aliphatic heterocycles. The standard InChI is InChI=1S/C17H15N7O7S4/c18-16-20-7(4-33-16)9(23-31-1-8(25)26)12(27)21-10-13(28)24-11(15(29)30)6(2-32-14(10)24)3-34-17-22-19-5-35-17/h4-5,10,14H,1-3H2,(H2,18,20)(H,21,27)(H,25,26)(H,29,30)/b23-9-/t10?,14-/m1/s1. The number of thiazole rings is 1. The highest BCUT2D eigenvalue weighted by Gasteiger charge is 2.54. The number of nitrogens with one attached hydrogen (secondary N) is 1. The molecule has 4 rings (SSSR count). The number of carbonyl (C=O) groups excluding carboxylic acids is 2. The van der Waals surface area contributed by atoms with Gasteiger partial charge in [0.05, 0.1) is 0 Å². The molecule has 1 saturated heterocycles. The number of hydrogen-bond acceptors (Lipinski definition) is 14. The van der Waals surface area contributed by atoms with E-state index in [0.717, 1.165) is 16.2 Å². The van der Waals surface area contributed by atoms with Crippen LogP contribution in [0.15, 0.2) is 31.7 Å². The van der Waals surface area contributed by atoms with Crippen LogP contribution in [0.5, 0.6) is 0 Å². The Morgan fingerprint density at radius 1 is 1.34 bits per heavy atom. The summed E-state index contributed by atoms with van der Waals surface area (Å²) in [4.78, 5) is 58.2. The van der Waals surface area contributed by atoms with Gasteiger partial charge in [0.1, 0.15) is 28.3 Å². The van der Waals surface area contributed by atoms with E-state index in [1.165, 1.54) is 40.2 Å². The molecule has 14 nitrogen and oxygen atoms in total. The first-order valence-corrected chi connectivity index (χ1v) is 13.3. The molecule has 2 aliphatic rings. The highest BCUT2D eigenvalue weighted by molar-refractivity contribution is 8.01. The molecule has 1 unspecified atom stereocenters. The molecular formula is C17H15N7O7S4. The lowest BCUT2D eigenvalue weighted by Crippen LogP contribution is -2.71. The number of nitrogens with zero attached hydrogens (tertiary/aromatic N) is 5. The highest BCUT2D eigenvalue weighted by atomic mass is 32.2. The van der Waals surface area contributed by atoms with Gasteiger partial charge in [-0.15, -0.1) is 33.3 Å². The van der Waals surface area contributed by atoms with Crippen LogP contribution < -0.4 is 11.1 Å². The van der Waals surface area contributed by atoms with E-state index in [0.29, 0.717) is 21.4 Å². The Balaban J connectivity index is 1.49. The number of amides is 2. The van der Waals surface area contributed by atoms with Crippen LogP contribution >= 0.6 is 46.2 Å². The lowest BCUT2D eigenvalue weighted by molar-refractivity contribution is -0.150. The lowest BCUT2D eigenvalue weighted by atomic mass is 10.0. The molecule has 0 radical (unpaired) electrons. The van der Waals surface area contributed by atoms with E-state index >= 15 is 0 Å². The van der Waals surface area contributed by atoms with Crippen molar-refractivity contribution >= 4 is 80.8 Å². The van der Waals surface area contributed by atoms with Crippen molar-refractivity contribution in [3.05, 3.63) is 27.9 Å². The van der Waals surface area contributed by atoms with Gasteiger partial charge in [-0.3, -0.25) is 14.5 Å². The van der Waals surface area contributed by atoms with Gasteiger partial charge in [-0.25, -0.2) is 14.6 Å². The molecule has 35 heavy (non-hydrogen) atoms. The zero-order valence-corrected chi connectivity index (χ0v) is 20.6. The van der Waals surface area contributed by atoms with Gasteiger partial charge < -0.3 is 26.1 Å². The number of thioether (sulfide) groups is 2. The first kappa shape index (κ1) is 24.9. The molecule has 0 bridgehead atoms. The zero-order chi connectivity index (χ0) is 25.1. The maximum Gasteiger partial charge on any atom is 0.352 e. The third-order valence-corrected chi connectivity index (χ3v) is 8.53. The average Bonchev–Trinajstić information content (AvgIpc) is 3.49. The largest absolute Gasteiger partial charge is 0.479 e. The number of rotatable bonds is 10. The molecule has 0 spiro atoms. The Hall–Kier alpha value is -3.22. The van der Waals surface area contributed by atoms with E-state index in [2.05, 4.69) is 30.5 Å². The predicted molar refractivity (Wildman–Crippen MR) is 127 cm³/mol. The monoisotopic (exact) mass is 557 g/mol. The predicted octanol–water partition coefficient (Wildman–Crippen LogP) is -0.0870. The third kappa shape index (κ3) is 5.39. The van der Waals surface area contributed by atoms with Gasteiger partial charge in [0.25, 0.3) is 11.8 Å². The van der Waals surface area contributed by atoms with Crippen LogP contribution in [0.25, 0.3) is 0 Å². The second-order valence-corrected chi connectivity index (χ2v) is 10.8. The van der Waals surface area contributed by atoms with Crippen molar-refractivity contribution < 1.29 is 34.2 Å². The highest BCUT2D eigenvalue weighted by Crippen LogP contribution is 2.41. The fraction of sp³-hybridized carbons (Fsp3) is 0.294. The summed E-state index contributed by atoms with van der Waals surface area (Å²) < 4.78 is 0.675. The number of aliphatic carboxylic acids is 2. The van der Waals surface area contributed by atoms with Crippen molar-refractivity contribution in [1.29, 1.82) is 0 Å². The van der Waals surface area contributed by atoms with Gasteiger partial charge in [0.15, 0.2) is 15.2 Å². The summed E-state index contributed by atoms with van der Waals surface area (Å²) >= 11 is 4.98. The molecule has 18 heteroatoms. The van der Waals surface area contributed by atoms with Crippen LogP contribution in [0.2, 0.25) is 0 Å². The number of β-lactam (4-membered cyclic amide) rings is 1. The maximum absolute atomic E-state index is 12.9. The quantitative estimate of drug-likeness (QED) is 0.130. The van der Waals surface area contributed by atoms with Gasteiger partial charge >= 0.3 is 11.9 Å². The third-order valence-electron chi connectivity index (χ3n) is 4.57. The first-order valence-electron chi connectivity index (χ1n) is 9.49. The van der Waals surface area contributed by atoms with E-state index in [9.17, 15) is 24.3 Å². The number of fused-ring (bicyclic) bond motifs is 1. The molecule has 2 atom stereocenters. The number of oxime groups is 1. The number of carboxylic acid groups (broad SMARTS) is 2. The second-order valence-electron chi connectivity index (χ2n) is 6.79. The van der Waals surface area contributed by atoms with Crippen LogP contribution in [0.4, 0.5) is 5.13 Å². The van der Waals surface area contributed by atoms with E-state index < -0.39 is 41.8 Å². The van der Waals surface area contributed by atoms with Crippen LogP contribution in [-0.2, 0) is 24.0 Å². The summed E-state index contributed by atoms with van der Waals surface area (Å²) in [6.45, 7) is -0.796. The minimum absolute atomic E-state index is 0.0393. The molecule has 0 aromatic carbocycles. The Morgan fingerprint density at radius 3 is 2.77 bits per heavy atom. The summed E-state index contributed by atoms with van der Waals surface area (Å²) in [6, 6.07) is -1.03. The molecular weight excluding hydrogens is 542 g/mol. The minimum atomic E-state index is -1.30. The lowest BCUT2D eigenvalue weighted by Gasteiger charge is -2.49. The Kier molecular flexibility index (Phi) is 7.53. The Morgan fingerprint density at radius 2 is 2.14 bits per heavy atom. The molecule has 0 aliphatic carbocycles. The molecule has 5 N–H and O–H groups in total. The number of hydrogen-bond donors (Lipinski definition) is 4. The SMILES string of the molecule is Nc1nc(/C(=N/OCC(=O)O)C(=O)NC2C(=O)N3C(C(=O)O)=C(CSc4nncs4)CS[C@H]23)cs1. The van der Waals surface area contributed by atoms with Crippen molar-refractivity contribution in [2.45, 2.75) is 15.8 Å². The Bertz CT molecular complexity index is 1230. The van der Waals surface area contributed by atoms with Crippen LogP contribution in [0.1, 0.15) is 5.69 Å². The molecule has 2 aromatic heterocycles. The van der Waals surface area contributed by atoms with E-state index in [1.54, 1.807) is 5.51 Å². The van der Waals surface area contributed by atoms with Gasteiger partial charge in [-0.2, -0.15) is 0 Å². The minimum Gasteiger partial charge on any atom is -0.479 e. The van der Waals surface area contributed by atoms with Crippen molar-refractivity contribution in [3.63, 3.8) is 0 Å². The number of anilines is 1. The molecule has 4 heterocycles. The molecule has 2 aromatic rings. The smallest absolute Gasteiger partial charge is 0.352 e. The summed E-state index contributed by atoms with van der Waals surface area (Å²) in [5.74, 6) is -3.35. The summed E-state index contributed by atoms with van der Waals surface area (Å²) in [5, 5.41) is 33.2. The van der Waals surface area contributed by atoms with Crippen LogP contribution in [0, 0.1) is 0 Å². The molecule has 1 fully saturated rings. The van der Waals surface area contributed by atoms with Gasteiger partial charge in [-0.05, 0) is 5.57 Å². The first-order chi connectivity index (χ1) is 16.8. The molecule has 0 saturated carbocycles. The van der Waals surface area contributed by atoms with Crippen molar-refractivity contribution in [3.8, 4) is 0 Å². The summed E-state index contributed by atoms with van der Waals surface area (Å²) in [5.41, 5.74) is 7.28. The van der Waals surface area contributed by atoms with E-state index in [1.807, 2.05) is 0 Å². The normalized spacial score (nSPS) is 19.7. The Labute approximate surface area is 212 Å². The molecule has 184 valence electrons. The van der Waals surface area contributed by atoms with Crippen molar-refractivity contribution in [2.24, 2.45) is 5.16 Å². The van der Waals surface area contributed by atoms with Crippen LogP contribution in [-0.4, -0.2) is 89.3 Å². The summed E-state index contributed by atoms with van der Waals surface area (Å²) in [7, 11) is 0. The average molecular weight is 558 g/mol.